The smallest absolute Gasteiger partial charge is 0.266 e. The lowest BCUT2D eigenvalue weighted by molar-refractivity contribution is -0.122. The summed E-state index contributed by atoms with van der Waals surface area (Å²) in [7, 11) is 0. The third-order valence-corrected chi connectivity index (χ3v) is 7.33. The third-order valence-electron chi connectivity index (χ3n) is 3.90. The van der Waals surface area contributed by atoms with Gasteiger partial charge in [0.05, 0.1) is 10.6 Å². The third kappa shape index (κ3) is 5.71. The van der Waals surface area contributed by atoms with E-state index in [1.807, 2.05) is 30.3 Å². The molecule has 0 radical (unpaired) electrons. The molecule has 2 amide bonds. The van der Waals surface area contributed by atoms with Gasteiger partial charge in [0, 0.05) is 31.4 Å². The summed E-state index contributed by atoms with van der Waals surface area (Å²) in [5, 5.41) is 3.40. The molecular formula is C19H12Br3ClN2O2S2. The lowest BCUT2D eigenvalue weighted by Gasteiger charge is -2.15. The van der Waals surface area contributed by atoms with E-state index in [1.165, 1.54) is 16.7 Å². The van der Waals surface area contributed by atoms with E-state index in [1.54, 1.807) is 12.1 Å². The van der Waals surface area contributed by atoms with E-state index in [4.69, 9.17) is 23.8 Å². The van der Waals surface area contributed by atoms with Crippen molar-refractivity contribution in [2.45, 2.75) is 6.42 Å². The standard InChI is InChI=1S/C19H12Br3ClN2O2S2/c20-11-8-12(21)17(13(22)9-11)24-16(26)5-6-25-18(27)15(29-19(25)28)7-10-3-1-2-4-14(10)23/h1-4,7-9H,5-6H2,(H,24,26)/b15-7+. The first-order chi connectivity index (χ1) is 13.8. The molecule has 1 aliphatic heterocycles. The zero-order chi connectivity index (χ0) is 21.1. The summed E-state index contributed by atoms with van der Waals surface area (Å²) in [5.74, 6) is -0.448. The van der Waals surface area contributed by atoms with Crippen LogP contribution in [0.1, 0.15) is 12.0 Å². The number of anilines is 1. The van der Waals surface area contributed by atoms with Crippen LogP contribution in [0, 0.1) is 0 Å². The van der Waals surface area contributed by atoms with Crippen LogP contribution in [0.4, 0.5) is 5.69 Å². The Hall–Kier alpha value is -0.710. The zero-order valence-corrected chi connectivity index (χ0v) is 21.7. The molecule has 3 rings (SSSR count). The molecule has 1 N–H and O–H groups in total. The van der Waals surface area contributed by atoms with E-state index >= 15 is 0 Å². The molecule has 0 atom stereocenters. The molecule has 1 fully saturated rings. The number of thiocarbonyl (C=S) groups is 1. The van der Waals surface area contributed by atoms with Crippen molar-refractivity contribution in [1.29, 1.82) is 0 Å². The quantitative estimate of drug-likeness (QED) is 0.287. The fourth-order valence-electron chi connectivity index (χ4n) is 2.50. The molecule has 0 bridgehead atoms. The van der Waals surface area contributed by atoms with Crippen LogP contribution in [0.3, 0.4) is 0 Å². The molecule has 2 aromatic rings. The van der Waals surface area contributed by atoms with Gasteiger partial charge in [-0.05, 0) is 61.7 Å². The number of amides is 2. The van der Waals surface area contributed by atoms with Crippen LogP contribution in [0.15, 0.2) is 54.7 Å². The molecule has 2 aromatic carbocycles. The minimum absolute atomic E-state index is 0.112. The Bertz CT molecular complexity index is 1020. The second-order valence-electron chi connectivity index (χ2n) is 5.90. The van der Waals surface area contributed by atoms with Crippen molar-refractivity contribution in [2.24, 2.45) is 0 Å². The van der Waals surface area contributed by atoms with Crippen LogP contribution in [-0.4, -0.2) is 27.6 Å². The number of benzene rings is 2. The summed E-state index contributed by atoms with van der Waals surface area (Å²) < 4.78 is 2.77. The van der Waals surface area contributed by atoms with Gasteiger partial charge >= 0.3 is 0 Å². The summed E-state index contributed by atoms with van der Waals surface area (Å²) in [5.41, 5.74) is 1.37. The molecule has 1 heterocycles. The predicted molar refractivity (Wildman–Crippen MR) is 134 cm³/mol. The predicted octanol–water partition coefficient (Wildman–Crippen LogP) is 6.86. The molecule has 0 spiro atoms. The Morgan fingerprint density at radius 2 is 1.86 bits per heavy atom. The molecular weight excluding hydrogens is 628 g/mol. The maximum absolute atomic E-state index is 12.7. The Morgan fingerprint density at radius 3 is 2.52 bits per heavy atom. The number of halogens is 4. The fraction of sp³-hybridized carbons (Fsp3) is 0.105. The number of carbonyl (C=O) groups excluding carboxylic acids is 2. The van der Waals surface area contributed by atoms with E-state index in [0.29, 0.717) is 19.9 Å². The van der Waals surface area contributed by atoms with E-state index in [0.717, 1.165) is 19.0 Å². The van der Waals surface area contributed by atoms with Gasteiger partial charge < -0.3 is 5.32 Å². The van der Waals surface area contributed by atoms with Crippen LogP contribution >= 0.6 is 83.4 Å². The topological polar surface area (TPSA) is 49.4 Å². The number of thioether (sulfide) groups is 1. The molecule has 29 heavy (non-hydrogen) atoms. The van der Waals surface area contributed by atoms with Crippen molar-refractivity contribution in [2.75, 3.05) is 11.9 Å². The Kier molecular flexibility index (Phi) is 7.97. The Balaban J connectivity index is 1.65. The summed E-state index contributed by atoms with van der Waals surface area (Å²) >= 11 is 22.9. The van der Waals surface area contributed by atoms with Crippen LogP contribution in [0.2, 0.25) is 5.02 Å². The Morgan fingerprint density at radius 1 is 1.21 bits per heavy atom. The van der Waals surface area contributed by atoms with Gasteiger partial charge in [0.15, 0.2) is 0 Å². The average molecular weight is 640 g/mol. The summed E-state index contributed by atoms with van der Waals surface area (Å²) in [6.45, 7) is 0.197. The summed E-state index contributed by atoms with van der Waals surface area (Å²) in [6, 6.07) is 10.9. The number of hydrogen-bond acceptors (Lipinski definition) is 4. The van der Waals surface area contributed by atoms with Crippen molar-refractivity contribution in [3.05, 3.63) is 65.3 Å². The van der Waals surface area contributed by atoms with Crippen LogP contribution in [0.25, 0.3) is 6.08 Å². The number of hydrogen-bond donors (Lipinski definition) is 1. The van der Waals surface area contributed by atoms with Gasteiger partial charge in [0.1, 0.15) is 4.32 Å². The second kappa shape index (κ2) is 10.1. The van der Waals surface area contributed by atoms with Crippen LogP contribution in [0.5, 0.6) is 0 Å². The number of nitrogens with zero attached hydrogens (tertiary/aromatic N) is 1. The molecule has 1 saturated heterocycles. The normalized spacial score (nSPS) is 15.3. The SMILES string of the molecule is O=C(CCN1C(=O)/C(=C\c2ccccc2Cl)SC1=S)Nc1c(Br)cc(Br)cc1Br. The lowest BCUT2D eigenvalue weighted by atomic mass is 10.2. The van der Waals surface area contributed by atoms with E-state index in [9.17, 15) is 9.59 Å². The fourth-order valence-corrected chi connectivity index (χ4v) is 6.45. The largest absolute Gasteiger partial charge is 0.324 e. The first kappa shape index (κ1) is 23.0. The van der Waals surface area contributed by atoms with Gasteiger partial charge in [-0.3, -0.25) is 14.5 Å². The first-order valence-corrected chi connectivity index (χ1v) is 12.2. The molecule has 150 valence electrons. The minimum Gasteiger partial charge on any atom is -0.324 e. The van der Waals surface area contributed by atoms with Crippen LogP contribution in [-0.2, 0) is 9.59 Å². The maximum Gasteiger partial charge on any atom is 0.266 e. The average Bonchev–Trinajstić information content (AvgIpc) is 2.91. The van der Waals surface area contributed by atoms with E-state index in [2.05, 4.69) is 53.1 Å². The van der Waals surface area contributed by atoms with Crippen molar-refractivity contribution < 1.29 is 9.59 Å². The minimum atomic E-state index is -0.224. The highest BCUT2D eigenvalue weighted by atomic mass is 79.9. The highest BCUT2D eigenvalue weighted by Gasteiger charge is 2.32. The van der Waals surface area contributed by atoms with Crippen molar-refractivity contribution in [1.82, 2.24) is 4.90 Å². The molecule has 4 nitrogen and oxygen atoms in total. The van der Waals surface area contributed by atoms with E-state index in [-0.39, 0.29) is 24.8 Å². The monoisotopic (exact) mass is 636 g/mol. The van der Waals surface area contributed by atoms with Crippen molar-refractivity contribution >= 4 is 111 Å². The van der Waals surface area contributed by atoms with Gasteiger partial charge in [-0.2, -0.15) is 0 Å². The van der Waals surface area contributed by atoms with Gasteiger partial charge in [0.2, 0.25) is 5.91 Å². The maximum atomic E-state index is 12.7. The molecule has 0 aromatic heterocycles. The molecule has 0 aliphatic carbocycles. The lowest BCUT2D eigenvalue weighted by Crippen LogP contribution is -2.31. The van der Waals surface area contributed by atoms with Gasteiger partial charge in [0.25, 0.3) is 5.91 Å². The van der Waals surface area contributed by atoms with Gasteiger partial charge in [-0.15, -0.1) is 0 Å². The number of rotatable bonds is 5. The number of carbonyl (C=O) groups is 2. The zero-order valence-electron chi connectivity index (χ0n) is 14.5. The van der Waals surface area contributed by atoms with E-state index < -0.39 is 0 Å². The molecule has 10 heteroatoms. The van der Waals surface area contributed by atoms with Crippen molar-refractivity contribution in [3.8, 4) is 0 Å². The second-order valence-corrected chi connectivity index (χ2v) is 10.6. The summed E-state index contributed by atoms with van der Waals surface area (Å²) in [6.07, 6.45) is 1.83. The highest BCUT2D eigenvalue weighted by Crippen LogP contribution is 2.35. The molecule has 0 unspecified atom stereocenters. The Labute approximate surface area is 207 Å². The van der Waals surface area contributed by atoms with Crippen molar-refractivity contribution in [3.63, 3.8) is 0 Å². The molecule has 1 aliphatic rings. The first-order valence-electron chi connectivity index (χ1n) is 8.20. The number of nitrogens with one attached hydrogen (secondary N) is 1. The summed E-state index contributed by atoms with van der Waals surface area (Å²) in [4.78, 5) is 27.0. The molecule has 0 saturated carbocycles. The highest BCUT2D eigenvalue weighted by molar-refractivity contribution is 9.11. The van der Waals surface area contributed by atoms with Gasteiger partial charge in [-0.1, -0.05) is 69.7 Å². The van der Waals surface area contributed by atoms with Crippen LogP contribution < -0.4 is 5.32 Å². The van der Waals surface area contributed by atoms with Gasteiger partial charge in [-0.25, -0.2) is 0 Å².